The minimum absolute atomic E-state index is 0. The zero-order valence-electron chi connectivity index (χ0n) is 15.8. The lowest BCUT2D eigenvalue weighted by atomic mass is 10.2. The smallest absolute Gasteiger partial charge is 0.190 e. The van der Waals surface area contributed by atoms with E-state index in [1.165, 1.54) is 0 Å². The van der Waals surface area contributed by atoms with Gasteiger partial charge in [0, 0.05) is 46.0 Å². The van der Waals surface area contributed by atoms with Crippen LogP contribution in [0.5, 0.6) is 0 Å². The van der Waals surface area contributed by atoms with Gasteiger partial charge >= 0.3 is 0 Å². The normalized spacial score (nSPS) is 17.1. The van der Waals surface area contributed by atoms with Crippen molar-refractivity contribution in [1.82, 2.24) is 25.2 Å². The minimum Gasteiger partial charge on any atom is -0.379 e. The van der Waals surface area contributed by atoms with Crippen molar-refractivity contribution < 1.29 is 9.47 Å². The van der Waals surface area contributed by atoms with Crippen LogP contribution in [0.15, 0.2) is 29.4 Å². The maximum Gasteiger partial charge on any atom is 0.190 e. The molecule has 2 N–H and O–H groups in total. The first-order chi connectivity index (χ1) is 12.9. The Morgan fingerprint density at radius 2 is 2.22 bits per heavy atom. The van der Waals surface area contributed by atoms with Gasteiger partial charge < -0.3 is 20.1 Å². The number of ether oxygens (including phenoxy) is 2. The van der Waals surface area contributed by atoms with Gasteiger partial charge in [-0.25, -0.2) is 0 Å². The molecule has 3 rings (SSSR count). The van der Waals surface area contributed by atoms with Gasteiger partial charge in [-0.2, -0.15) is 0 Å². The number of fused-ring (bicyclic) bond motifs is 1. The first kappa shape index (κ1) is 21.8. The number of hydrogen-bond donors (Lipinski definition) is 2. The van der Waals surface area contributed by atoms with Crippen molar-refractivity contribution in [2.24, 2.45) is 4.99 Å². The van der Waals surface area contributed by atoms with Gasteiger partial charge in [0.15, 0.2) is 11.6 Å². The summed E-state index contributed by atoms with van der Waals surface area (Å²) < 4.78 is 13.2. The number of aliphatic imine (C=N–C) groups is 1. The minimum atomic E-state index is 0. The lowest BCUT2D eigenvalue weighted by Crippen LogP contribution is -2.39. The van der Waals surface area contributed by atoms with Gasteiger partial charge in [-0.1, -0.05) is 6.07 Å². The summed E-state index contributed by atoms with van der Waals surface area (Å²) in [6, 6.07) is 5.89. The molecule has 0 aromatic carbocycles. The van der Waals surface area contributed by atoms with Crippen LogP contribution in [0.3, 0.4) is 0 Å². The van der Waals surface area contributed by atoms with Crippen molar-refractivity contribution in [1.29, 1.82) is 0 Å². The molecule has 1 atom stereocenters. The highest BCUT2D eigenvalue weighted by Crippen LogP contribution is 2.11. The summed E-state index contributed by atoms with van der Waals surface area (Å²) in [5, 5.41) is 15.0. The second-order valence-electron chi connectivity index (χ2n) is 6.28. The van der Waals surface area contributed by atoms with Gasteiger partial charge in [-0.3, -0.25) is 9.39 Å². The molecule has 2 aromatic heterocycles. The Labute approximate surface area is 177 Å². The zero-order chi connectivity index (χ0) is 18.0. The summed E-state index contributed by atoms with van der Waals surface area (Å²) in [4.78, 5) is 4.24. The standard InChI is InChI=1S/C18H28N6O2.HI/c1-19-18(20-9-5-12-25-14-15-6-4-13-26-15)21-10-8-17-23-22-16-7-2-3-11-24(16)17;/h2-3,7,11,15H,4-6,8-10,12-14H2,1H3,(H2,19,20,21);1H. The van der Waals surface area contributed by atoms with Gasteiger partial charge in [-0.15, -0.1) is 34.2 Å². The molecule has 0 amide bonds. The third-order valence-electron chi connectivity index (χ3n) is 4.33. The Morgan fingerprint density at radius 3 is 3.04 bits per heavy atom. The summed E-state index contributed by atoms with van der Waals surface area (Å²) in [6.45, 7) is 3.88. The molecule has 8 nitrogen and oxygen atoms in total. The molecule has 1 aliphatic rings. The molecule has 1 fully saturated rings. The second kappa shape index (κ2) is 12.1. The van der Waals surface area contributed by atoms with E-state index in [0.717, 1.165) is 69.4 Å². The number of hydrogen-bond acceptors (Lipinski definition) is 5. The van der Waals surface area contributed by atoms with E-state index in [4.69, 9.17) is 9.47 Å². The largest absolute Gasteiger partial charge is 0.379 e. The van der Waals surface area contributed by atoms with Crippen molar-refractivity contribution in [2.75, 3.05) is 40.0 Å². The summed E-state index contributed by atoms with van der Waals surface area (Å²) in [6.07, 6.45) is 6.26. The predicted octanol–water partition coefficient (Wildman–Crippen LogP) is 1.64. The Bertz CT molecular complexity index is 702. The fraction of sp³-hybridized carbons (Fsp3) is 0.611. The first-order valence-corrected chi connectivity index (χ1v) is 9.29. The Kier molecular flexibility index (Phi) is 9.78. The SMILES string of the molecule is CN=C(NCCCOCC1CCCO1)NCCc1nnc2ccccn12.I. The van der Waals surface area contributed by atoms with Gasteiger partial charge in [0.1, 0.15) is 5.82 Å². The van der Waals surface area contributed by atoms with Crippen molar-refractivity contribution in [3.8, 4) is 0 Å². The van der Waals surface area contributed by atoms with Gasteiger partial charge in [0.2, 0.25) is 0 Å². The third kappa shape index (κ3) is 6.89. The van der Waals surface area contributed by atoms with Crippen molar-refractivity contribution >= 4 is 35.6 Å². The van der Waals surface area contributed by atoms with Crippen molar-refractivity contribution in [3.05, 3.63) is 30.2 Å². The number of rotatable bonds is 9. The fourth-order valence-corrected chi connectivity index (χ4v) is 2.95. The van der Waals surface area contributed by atoms with E-state index in [0.29, 0.717) is 12.7 Å². The molecular weight excluding hydrogens is 459 g/mol. The maximum atomic E-state index is 5.66. The quantitative estimate of drug-likeness (QED) is 0.242. The first-order valence-electron chi connectivity index (χ1n) is 9.29. The Balaban J connectivity index is 0.00000261. The number of halogens is 1. The number of nitrogens with one attached hydrogen (secondary N) is 2. The number of guanidine groups is 1. The van der Waals surface area contributed by atoms with Gasteiger partial charge in [0.25, 0.3) is 0 Å². The highest BCUT2D eigenvalue weighted by atomic mass is 127. The van der Waals surface area contributed by atoms with E-state index >= 15 is 0 Å². The van der Waals surface area contributed by atoms with Gasteiger partial charge in [0.05, 0.1) is 12.7 Å². The van der Waals surface area contributed by atoms with Crippen LogP contribution in [0.2, 0.25) is 0 Å². The van der Waals surface area contributed by atoms with Crippen molar-refractivity contribution in [3.63, 3.8) is 0 Å². The second-order valence-corrected chi connectivity index (χ2v) is 6.28. The van der Waals surface area contributed by atoms with Crippen LogP contribution in [-0.2, 0) is 15.9 Å². The zero-order valence-corrected chi connectivity index (χ0v) is 18.1. The van der Waals surface area contributed by atoms with Crippen LogP contribution in [-0.4, -0.2) is 66.6 Å². The third-order valence-corrected chi connectivity index (χ3v) is 4.33. The van der Waals surface area contributed by atoms with Crippen LogP contribution in [0.4, 0.5) is 0 Å². The summed E-state index contributed by atoms with van der Waals surface area (Å²) in [5.41, 5.74) is 0.869. The molecule has 2 aromatic rings. The van der Waals surface area contributed by atoms with E-state index in [2.05, 4.69) is 25.8 Å². The number of aromatic nitrogens is 3. The topological polar surface area (TPSA) is 85.1 Å². The van der Waals surface area contributed by atoms with Crippen LogP contribution in [0.1, 0.15) is 25.1 Å². The van der Waals surface area contributed by atoms with E-state index < -0.39 is 0 Å². The lowest BCUT2D eigenvalue weighted by Gasteiger charge is -2.12. The molecule has 9 heteroatoms. The van der Waals surface area contributed by atoms with Crippen LogP contribution >= 0.6 is 24.0 Å². The molecule has 0 spiro atoms. The molecule has 1 aliphatic heterocycles. The maximum absolute atomic E-state index is 5.66. The molecule has 0 aliphatic carbocycles. The average Bonchev–Trinajstić information content (AvgIpc) is 3.33. The molecule has 0 radical (unpaired) electrons. The van der Waals surface area contributed by atoms with Gasteiger partial charge in [-0.05, 0) is 31.4 Å². The number of pyridine rings is 1. The predicted molar refractivity (Wildman–Crippen MR) is 116 cm³/mol. The molecule has 0 bridgehead atoms. The molecule has 1 unspecified atom stereocenters. The molecule has 3 heterocycles. The summed E-state index contributed by atoms with van der Waals surface area (Å²) in [7, 11) is 1.77. The van der Waals surface area contributed by atoms with E-state index in [1.54, 1.807) is 7.05 Å². The molecule has 27 heavy (non-hydrogen) atoms. The van der Waals surface area contributed by atoms with Crippen molar-refractivity contribution in [2.45, 2.75) is 31.8 Å². The van der Waals surface area contributed by atoms with E-state index in [9.17, 15) is 0 Å². The summed E-state index contributed by atoms with van der Waals surface area (Å²) in [5.74, 6) is 1.73. The Hall–Kier alpha value is -1.46. The highest BCUT2D eigenvalue weighted by molar-refractivity contribution is 14.0. The fourth-order valence-electron chi connectivity index (χ4n) is 2.95. The highest BCUT2D eigenvalue weighted by Gasteiger charge is 2.14. The summed E-state index contributed by atoms with van der Waals surface area (Å²) >= 11 is 0. The molecule has 1 saturated heterocycles. The van der Waals surface area contributed by atoms with Crippen LogP contribution < -0.4 is 10.6 Å². The average molecular weight is 488 g/mol. The van der Waals surface area contributed by atoms with E-state index in [1.807, 2.05) is 28.8 Å². The molecular formula is C18H29IN6O2. The molecule has 0 saturated carbocycles. The lowest BCUT2D eigenvalue weighted by molar-refractivity contribution is 0.0168. The molecule has 150 valence electrons. The van der Waals surface area contributed by atoms with E-state index in [-0.39, 0.29) is 24.0 Å². The number of nitrogens with zero attached hydrogens (tertiary/aromatic N) is 4. The monoisotopic (exact) mass is 488 g/mol. The Morgan fingerprint density at radius 1 is 1.33 bits per heavy atom. The van der Waals surface area contributed by atoms with Crippen LogP contribution in [0, 0.1) is 0 Å². The van der Waals surface area contributed by atoms with Crippen LogP contribution in [0.25, 0.3) is 5.65 Å².